The molecular weight excluding hydrogens is 458 g/mol. The average molecular weight is 482 g/mol. The Morgan fingerprint density at radius 2 is 2.12 bits per heavy atom. The molecule has 1 fully saturated rings. The molecule has 3 aromatic rings. The van der Waals surface area contributed by atoms with Gasteiger partial charge in [0.25, 0.3) is 11.8 Å². The number of phenolic OH excluding ortho intramolecular Hbond substituents is 1. The number of aryl methyl sites for hydroxylation is 1. The molecule has 0 saturated heterocycles. The Morgan fingerprint density at radius 1 is 1.29 bits per heavy atom. The molecule has 176 valence electrons. The van der Waals surface area contributed by atoms with E-state index >= 15 is 0 Å². The number of aromatic hydroxyl groups is 1. The van der Waals surface area contributed by atoms with Crippen LogP contribution in [0.2, 0.25) is 5.02 Å². The second-order valence-corrected chi connectivity index (χ2v) is 8.56. The third kappa shape index (κ3) is 5.99. The van der Waals surface area contributed by atoms with Gasteiger partial charge in [-0.2, -0.15) is 5.10 Å². The van der Waals surface area contributed by atoms with Crippen molar-refractivity contribution in [3.63, 3.8) is 0 Å². The number of hydrogen-bond acceptors (Lipinski definition) is 6. The number of hydrogen-bond donors (Lipinski definition) is 2. The van der Waals surface area contributed by atoms with Crippen LogP contribution in [0.1, 0.15) is 52.8 Å². The number of nitrogens with zero attached hydrogens (tertiary/aromatic N) is 4. The van der Waals surface area contributed by atoms with E-state index in [9.17, 15) is 14.7 Å². The maximum Gasteiger partial charge on any atom is 0.278 e. The lowest BCUT2D eigenvalue weighted by atomic mass is 9.82. The molecule has 34 heavy (non-hydrogen) atoms. The molecule has 1 aliphatic carbocycles. The number of benzene rings is 1. The van der Waals surface area contributed by atoms with Crippen molar-refractivity contribution >= 4 is 35.4 Å². The first-order chi connectivity index (χ1) is 16.4. The highest BCUT2D eigenvalue weighted by atomic mass is 35.5. The lowest BCUT2D eigenvalue weighted by molar-refractivity contribution is 0.0999. The van der Waals surface area contributed by atoms with Gasteiger partial charge in [-0.15, -0.1) is 0 Å². The Hall–Kier alpha value is -3.72. The Bertz CT molecular complexity index is 1240. The molecular formula is C24H24ClN5O4. The maximum absolute atomic E-state index is 12.5. The summed E-state index contributed by atoms with van der Waals surface area (Å²) in [5.74, 6) is 0.211. The third-order valence-corrected chi connectivity index (χ3v) is 5.79. The smallest absolute Gasteiger partial charge is 0.278 e. The Balaban J connectivity index is 1.41. The van der Waals surface area contributed by atoms with Crippen LogP contribution < -0.4 is 10.1 Å². The van der Waals surface area contributed by atoms with Gasteiger partial charge in [0.2, 0.25) is 5.88 Å². The summed E-state index contributed by atoms with van der Waals surface area (Å²) in [6.45, 7) is 0. The summed E-state index contributed by atoms with van der Waals surface area (Å²) in [7, 11) is 1.73. The van der Waals surface area contributed by atoms with E-state index in [0.29, 0.717) is 5.82 Å². The summed E-state index contributed by atoms with van der Waals surface area (Å²) in [5.41, 5.74) is 0.392. The van der Waals surface area contributed by atoms with Crippen LogP contribution in [0.15, 0.2) is 47.7 Å². The van der Waals surface area contributed by atoms with Gasteiger partial charge in [-0.1, -0.05) is 30.9 Å². The van der Waals surface area contributed by atoms with Crippen LogP contribution in [-0.2, 0) is 7.05 Å². The Labute approximate surface area is 201 Å². The summed E-state index contributed by atoms with van der Waals surface area (Å²) >= 11 is 6.26. The highest BCUT2D eigenvalue weighted by Gasteiger charge is 2.17. The summed E-state index contributed by atoms with van der Waals surface area (Å²) in [6, 6.07) is 7.11. The fourth-order valence-corrected chi connectivity index (χ4v) is 3.69. The SMILES string of the molecule is Cn1ccc(NC(=O)c2cc(O)cc(Oc3ncc(C(=O)N=CCCC4CCC4)cc3Cl)c2)n1. The second-order valence-electron chi connectivity index (χ2n) is 8.15. The number of aliphatic imine (C=N–C) groups is 1. The number of carbonyl (C=O) groups is 2. The molecule has 0 atom stereocenters. The summed E-state index contributed by atoms with van der Waals surface area (Å²) < 4.78 is 7.21. The van der Waals surface area contributed by atoms with Gasteiger partial charge < -0.3 is 15.2 Å². The third-order valence-electron chi connectivity index (χ3n) is 5.51. The van der Waals surface area contributed by atoms with E-state index in [0.717, 1.165) is 18.8 Å². The highest BCUT2D eigenvalue weighted by molar-refractivity contribution is 6.32. The van der Waals surface area contributed by atoms with Gasteiger partial charge in [-0.25, -0.2) is 9.98 Å². The van der Waals surface area contributed by atoms with Gasteiger partial charge in [0, 0.05) is 43.4 Å². The molecule has 1 saturated carbocycles. The van der Waals surface area contributed by atoms with E-state index in [1.54, 1.807) is 30.2 Å². The zero-order valence-corrected chi connectivity index (χ0v) is 19.3. The van der Waals surface area contributed by atoms with E-state index in [1.165, 1.54) is 49.7 Å². The van der Waals surface area contributed by atoms with Crippen LogP contribution in [-0.4, -0.2) is 37.9 Å². The number of anilines is 1. The number of nitrogens with one attached hydrogen (secondary N) is 1. The average Bonchev–Trinajstić information content (AvgIpc) is 3.17. The molecule has 2 N–H and O–H groups in total. The van der Waals surface area contributed by atoms with Crippen molar-refractivity contribution in [2.45, 2.75) is 32.1 Å². The second kappa shape index (κ2) is 10.5. The first kappa shape index (κ1) is 23.4. The fraction of sp³-hybridized carbons (Fsp3) is 0.292. The molecule has 2 amide bonds. The van der Waals surface area contributed by atoms with Crippen LogP contribution in [0.25, 0.3) is 0 Å². The molecule has 2 heterocycles. The number of carbonyl (C=O) groups excluding carboxylic acids is 2. The molecule has 9 nitrogen and oxygen atoms in total. The van der Waals surface area contributed by atoms with Gasteiger partial charge in [0.1, 0.15) is 16.5 Å². The van der Waals surface area contributed by atoms with E-state index in [1.807, 2.05) is 0 Å². The van der Waals surface area contributed by atoms with Crippen LogP contribution in [0.4, 0.5) is 5.82 Å². The molecule has 4 rings (SSSR count). The van der Waals surface area contributed by atoms with Crippen LogP contribution in [0.3, 0.4) is 0 Å². The van der Waals surface area contributed by atoms with Crippen molar-refractivity contribution in [1.82, 2.24) is 14.8 Å². The lowest BCUT2D eigenvalue weighted by Gasteiger charge is -2.24. The van der Waals surface area contributed by atoms with Gasteiger partial charge in [-0.3, -0.25) is 14.3 Å². The monoisotopic (exact) mass is 481 g/mol. The van der Waals surface area contributed by atoms with Gasteiger partial charge >= 0.3 is 0 Å². The number of amides is 2. The van der Waals surface area contributed by atoms with E-state index in [4.69, 9.17) is 16.3 Å². The Kier molecular flexibility index (Phi) is 7.22. The maximum atomic E-state index is 12.5. The van der Waals surface area contributed by atoms with Crippen molar-refractivity contribution in [2.75, 3.05) is 5.32 Å². The molecule has 2 aromatic heterocycles. The van der Waals surface area contributed by atoms with Gasteiger partial charge in [0.15, 0.2) is 5.82 Å². The predicted molar refractivity (Wildman–Crippen MR) is 128 cm³/mol. The lowest BCUT2D eigenvalue weighted by Crippen LogP contribution is -2.12. The first-order valence-electron chi connectivity index (χ1n) is 10.9. The molecule has 0 spiro atoms. The zero-order chi connectivity index (χ0) is 24.1. The molecule has 10 heteroatoms. The number of rotatable bonds is 8. The summed E-state index contributed by atoms with van der Waals surface area (Å²) in [4.78, 5) is 32.9. The molecule has 1 aromatic carbocycles. The number of phenols is 1. The molecule has 0 bridgehead atoms. The standard InChI is InChI=1S/C24H24ClN5O4/c1-30-9-7-21(29-30)28-23(33)16-10-18(31)13-19(11-16)34-24-20(25)12-17(14-27-24)22(32)26-8-3-6-15-4-2-5-15/h7-15,31H,2-6H2,1H3,(H,28,29,33). The van der Waals surface area contributed by atoms with Crippen molar-refractivity contribution in [3.05, 3.63) is 58.9 Å². The van der Waals surface area contributed by atoms with Crippen molar-refractivity contribution in [3.8, 4) is 17.4 Å². The van der Waals surface area contributed by atoms with Crippen LogP contribution in [0, 0.1) is 5.92 Å². The molecule has 0 radical (unpaired) electrons. The van der Waals surface area contributed by atoms with Crippen molar-refractivity contribution < 1.29 is 19.4 Å². The number of halogens is 1. The zero-order valence-electron chi connectivity index (χ0n) is 18.6. The van der Waals surface area contributed by atoms with Crippen LogP contribution in [0.5, 0.6) is 17.4 Å². The van der Waals surface area contributed by atoms with E-state index in [-0.39, 0.29) is 33.5 Å². The van der Waals surface area contributed by atoms with E-state index in [2.05, 4.69) is 20.4 Å². The predicted octanol–water partition coefficient (Wildman–Crippen LogP) is 5.01. The molecule has 0 aliphatic heterocycles. The van der Waals surface area contributed by atoms with Crippen molar-refractivity contribution in [1.29, 1.82) is 0 Å². The van der Waals surface area contributed by atoms with Crippen LogP contribution >= 0.6 is 11.6 Å². The van der Waals surface area contributed by atoms with Gasteiger partial charge in [0.05, 0.1) is 5.56 Å². The largest absolute Gasteiger partial charge is 0.508 e. The molecule has 0 unspecified atom stereocenters. The van der Waals surface area contributed by atoms with Crippen molar-refractivity contribution in [2.24, 2.45) is 18.0 Å². The molecule has 1 aliphatic rings. The number of aromatic nitrogens is 3. The summed E-state index contributed by atoms with van der Waals surface area (Å²) in [5, 5.41) is 16.9. The van der Waals surface area contributed by atoms with E-state index < -0.39 is 11.8 Å². The minimum atomic E-state index is -0.477. The minimum absolute atomic E-state index is 0.0221. The normalized spacial score (nSPS) is 13.6. The first-order valence-corrected chi connectivity index (χ1v) is 11.3. The summed E-state index contributed by atoms with van der Waals surface area (Å²) in [6.07, 6.45) is 10.3. The quantitative estimate of drug-likeness (QED) is 0.436. The Morgan fingerprint density at radius 3 is 2.79 bits per heavy atom. The number of ether oxygens (including phenoxy) is 1. The highest BCUT2D eigenvalue weighted by Crippen LogP contribution is 2.31. The fourth-order valence-electron chi connectivity index (χ4n) is 3.49. The minimum Gasteiger partial charge on any atom is -0.508 e. The topological polar surface area (TPSA) is 119 Å². The van der Waals surface area contributed by atoms with Gasteiger partial charge in [-0.05, 0) is 37.0 Å². The number of pyridine rings is 1.